The molecule has 0 N–H and O–H groups in total. The van der Waals surface area contributed by atoms with E-state index < -0.39 is 0 Å². The van der Waals surface area contributed by atoms with E-state index in [1.165, 1.54) is 12.5 Å². The van der Waals surface area contributed by atoms with E-state index in [1.54, 1.807) is 7.11 Å². The molecule has 0 saturated carbocycles. The minimum atomic E-state index is -0.308. The number of methoxy groups -OCH3 is 1. The summed E-state index contributed by atoms with van der Waals surface area (Å²) in [5.41, 5.74) is 4.29. The number of benzene rings is 3. The minimum absolute atomic E-state index is 0.308. The van der Waals surface area contributed by atoms with E-state index in [-0.39, 0.29) is 5.97 Å². The van der Waals surface area contributed by atoms with Crippen molar-refractivity contribution in [3.8, 4) is 11.5 Å². The van der Waals surface area contributed by atoms with Crippen LogP contribution in [0.2, 0.25) is 0 Å². The fourth-order valence-corrected chi connectivity index (χ4v) is 3.57. The highest BCUT2D eigenvalue weighted by atomic mass is 16.5. The first-order chi connectivity index (χ1) is 13.1. The number of hydrogen-bond donors (Lipinski definition) is 0. The SMILES string of the molecule is COc1ccc(Cn2c3ccccc3c3c(OC(C)=O)c(C)ccc32)cc1. The number of aryl methyl sites for hydroxylation is 1. The monoisotopic (exact) mass is 359 g/mol. The zero-order valence-electron chi connectivity index (χ0n) is 15.7. The molecule has 1 aromatic heterocycles. The lowest BCUT2D eigenvalue weighted by Crippen LogP contribution is -2.04. The van der Waals surface area contributed by atoms with Gasteiger partial charge in [0.2, 0.25) is 0 Å². The van der Waals surface area contributed by atoms with Crippen LogP contribution in [0.25, 0.3) is 21.8 Å². The molecule has 0 radical (unpaired) electrons. The molecule has 4 heteroatoms. The van der Waals surface area contributed by atoms with Crippen LogP contribution in [0.15, 0.2) is 60.7 Å². The van der Waals surface area contributed by atoms with Crippen molar-refractivity contribution in [2.75, 3.05) is 7.11 Å². The van der Waals surface area contributed by atoms with Gasteiger partial charge in [-0.2, -0.15) is 0 Å². The van der Waals surface area contributed by atoms with Crippen molar-refractivity contribution < 1.29 is 14.3 Å². The molecule has 0 saturated heterocycles. The van der Waals surface area contributed by atoms with Crippen LogP contribution in [0.4, 0.5) is 0 Å². The number of para-hydroxylation sites is 1. The number of esters is 1. The van der Waals surface area contributed by atoms with Crippen LogP contribution in [0.3, 0.4) is 0 Å². The highest BCUT2D eigenvalue weighted by Gasteiger charge is 2.17. The zero-order chi connectivity index (χ0) is 19.0. The number of fused-ring (bicyclic) bond motifs is 3. The van der Waals surface area contributed by atoms with E-state index in [1.807, 2.05) is 37.3 Å². The molecule has 0 amide bonds. The lowest BCUT2D eigenvalue weighted by Gasteiger charge is -2.10. The van der Waals surface area contributed by atoms with E-state index in [0.717, 1.165) is 39.7 Å². The summed E-state index contributed by atoms with van der Waals surface area (Å²) in [6, 6.07) is 20.4. The normalized spacial score (nSPS) is 11.1. The lowest BCUT2D eigenvalue weighted by molar-refractivity contribution is -0.131. The lowest BCUT2D eigenvalue weighted by atomic mass is 10.1. The molecule has 136 valence electrons. The van der Waals surface area contributed by atoms with Gasteiger partial charge in [0.25, 0.3) is 0 Å². The van der Waals surface area contributed by atoms with Gasteiger partial charge in [-0.05, 0) is 42.3 Å². The molecule has 4 nitrogen and oxygen atoms in total. The molecule has 3 aromatic carbocycles. The molecular formula is C23H21NO3. The summed E-state index contributed by atoms with van der Waals surface area (Å²) < 4.78 is 13.1. The highest BCUT2D eigenvalue weighted by molar-refractivity contribution is 6.12. The Bertz CT molecular complexity index is 1140. The Balaban J connectivity index is 1.94. The molecule has 0 spiro atoms. The Morgan fingerprint density at radius 2 is 1.70 bits per heavy atom. The fraction of sp³-hybridized carbons (Fsp3) is 0.174. The van der Waals surface area contributed by atoms with Gasteiger partial charge in [-0.1, -0.05) is 36.4 Å². The van der Waals surface area contributed by atoms with Crippen molar-refractivity contribution in [3.63, 3.8) is 0 Å². The molecule has 27 heavy (non-hydrogen) atoms. The number of aromatic nitrogens is 1. The molecule has 0 atom stereocenters. The van der Waals surface area contributed by atoms with E-state index in [0.29, 0.717) is 5.75 Å². The molecule has 4 rings (SSSR count). The highest BCUT2D eigenvalue weighted by Crippen LogP contribution is 2.38. The van der Waals surface area contributed by atoms with Crippen LogP contribution in [-0.4, -0.2) is 17.6 Å². The van der Waals surface area contributed by atoms with Gasteiger partial charge in [0.05, 0.1) is 18.0 Å². The van der Waals surface area contributed by atoms with Crippen LogP contribution < -0.4 is 9.47 Å². The molecule has 0 aliphatic rings. The molecule has 0 aliphatic carbocycles. The van der Waals surface area contributed by atoms with Gasteiger partial charge in [0.1, 0.15) is 11.5 Å². The van der Waals surface area contributed by atoms with Crippen LogP contribution in [0.5, 0.6) is 11.5 Å². The summed E-state index contributed by atoms with van der Waals surface area (Å²) in [5, 5.41) is 2.07. The Kier molecular flexibility index (Phi) is 4.32. The number of nitrogens with zero attached hydrogens (tertiary/aromatic N) is 1. The maximum Gasteiger partial charge on any atom is 0.308 e. The predicted molar refractivity (Wildman–Crippen MR) is 108 cm³/mol. The summed E-state index contributed by atoms with van der Waals surface area (Å²) in [4.78, 5) is 11.7. The number of carbonyl (C=O) groups is 1. The largest absolute Gasteiger partial charge is 0.497 e. The topological polar surface area (TPSA) is 40.5 Å². The Hall–Kier alpha value is -3.27. The van der Waals surface area contributed by atoms with Crippen LogP contribution in [0.1, 0.15) is 18.1 Å². The van der Waals surface area contributed by atoms with E-state index in [2.05, 4.69) is 34.9 Å². The smallest absolute Gasteiger partial charge is 0.308 e. The average Bonchev–Trinajstić information content (AvgIpc) is 2.98. The fourth-order valence-electron chi connectivity index (χ4n) is 3.57. The second-order valence-corrected chi connectivity index (χ2v) is 6.65. The molecule has 0 fully saturated rings. The third kappa shape index (κ3) is 3.04. The van der Waals surface area contributed by atoms with Gasteiger partial charge in [-0.3, -0.25) is 4.79 Å². The number of rotatable bonds is 4. The first-order valence-electron chi connectivity index (χ1n) is 8.90. The van der Waals surface area contributed by atoms with Crippen molar-refractivity contribution in [1.29, 1.82) is 0 Å². The zero-order valence-corrected chi connectivity index (χ0v) is 15.7. The summed E-state index contributed by atoms with van der Waals surface area (Å²) in [5.74, 6) is 1.18. The predicted octanol–water partition coefficient (Wildman–Crippen LogP) is 5.09. The summed E-state index contributed by atoms with van der Waals surface area (Å²) >= 11 is 0. The van der Waals surface area contributed by atoms with Gasteiger partial charge in [0.15, 0.2) is 0 Å². The van der Waals surface area contributed by atoms with Crippen LogP contribution in [0, 0.1) is 6.92 Å². The first kappa shape index (κ1) is 17.2. The quantitative estimate of drug-likeness (QED) is 0.377. The minimum Gasteiger partial charge on any atom is -0.497 e. The second-order valence-electron chi connectivity index (χ2n) is 6.65. The van der Waals surface area contributed by atoms with Gasteiger partial charge in [-0.15, -0.1) is 0 Å². The van der Waals surface area contributed by atoms with Crippen molar-refractivity contribution in [2.45, 2.75) is 20.4 Å². The Morgan fingerprint density at radius 3 is 2.41 bits per heavy atom. The standard InChI is InChI=1S/C23H21NO3/c1-15-8-13-21-22(23(15)27-16(2)25)19-6-4-5-7-20(19)24(21)14-17-9-11-18(26-3)12-10-17/h4-13H,14H2,1-3H3. The first-order valence-corrected chi connectivity index (χ1v) is 8.90. The molecule has 0 bridgehead atoms. The number of hydrogen-bond acceptors (Lipinski definition) is 3. The van der Waals surface area contributed by atoms with Gasteiger partial charge < -0.3 is 14.0 Å². The maximum atomic E-state index is 11.7. The van der Waals surface area contributed by atoms with Gasteiger partial charge >= 0.3 is 5.97 Å². The summed E-state index contributed by atoms with van der Waals surface area (Å²) in [7, 11) is 1.67. The molecule has 1 heterocycles. The van der Waals surface area contributed by atoms with Crippen molar-refractivity contribution in [1.82, 2.24) is 4.57 Å². The number of ether oxygens (including phenoxy) is 2. The van der Waals surface area contributed by atoms with Crippen LogP contribution in [-0.2, 0) is 11.3 Å². The molecule has 0 aliphatic heterocycles. The van der Waals surface area contributed by atoms with Gasteiger partial charge in [-0.25, -0.2) is 0 Å². The average molecular weight is 359 g/mol. The molecular weight excluding hydrogens is 338 g/mol. The molecule has 0 unspecified atom stereocenters. The van der Waals surface area contributed by atoms with E-state index in [4.69, 9.17) is 9.47 Å². The Labute approximate surface area is 157 Å². The Morgan fingerprint density at radius 1 is 0.963 bits per heavy atom. The maximum absolute atomic E-state index is 11.7. The second kappa shape index (κ2) is 6.80. The van der Waals surface area contributed by atoms with E-state index >= 15 is 0 Å². The van der Waals surface area contributed by atoms with E-state index in [9.17, 15) is 4.79 Å². The van der Waals surface area contributed by atoms with Crippen molar-refractivity contribution in [3.05, 3.63) is 71.8 Å². The van der Waals surface area contributed by atoms with Crippen molar-refractivity contribution >= 4 is 27.8 Å². The molecule has 4 aromatic rings. The summed E-state index contributed by atoms with van der Waals surface area (Å²) in [6.07, 6.45) is 0. The van der Waals surface area contributed by atoms with Crippen LogP contribution >= 0.6 is 0 Å². The van der Waals surface area contributed by atoms with Crippen molar-refractivity contribution in [2.24, 2.45) is 0 Å². The third-order valence-electron chi connectivity index (χ3n) is 4.83. The third-order valence-corrected chi connectivity index (χ3v) is 4.83. The number of carbonyl (C=O) groups excluding carboxylic acids is 1. The van der Waals surface area contributed by atoms with Gasteiger partial charge in [0, 0.05) is 24.4 Å². The summed E-state index contributed by atoms with van der Waals surface area (Å²) in [6.45, 7) is 4.12.